The molecule has 1 amide bonds. The Bertz CT molecular complexity index is 1150. The van der Waals surface area contributed by atoms with Crippen molar-refractivity contribution in [3.8, 4) is 0 Å². The van der Waals surface area contributed by atoms with Crippen molar-refractivity contribution in [3.05, 3.63) is 83.4 Å². The number of nitrogens with one attached hydrogen (secondary N) is 1. The number of aryl methyl sites for hydroxylation is 2. The van der Waals surface area contributed by atoms with Crippen LogP contribution in [-0.4, -0.2) is 27.1 Å². The smallest absolute Gasteiger partial charge is 0.264 e. The van der Waals surface area contributed by atoms with E-state index in [0.717, 1.165) is 21.7 Å². The average molecular weight is 455 g/mol. The number of carbonyl (C=O) groups is 1. The third kappa shape index (κ3) is 4.94. The first-order valence-corrected chi connectivity index (χ1v) is 12.6. The third-order valence-corrected chi connectivity index (χ3v) is 7.73. The maximum absolute atomic E-state index is 13.1. The molecular weight excluding hydrogens is 428 g/mol. The van der Waals surface area contributed by atoms with E-state index in [2.05, 4.69) is 5.32 Å². The van der Waals surface area contributed by atoms with E-state index < -0.39 is 10.0 Å². The van der Waals surface area contributed by atoms with Crippen molar-refractivity contribution in [2.75, 3.05) is 22.4 Å². The summed E-state index contributed by atoms with van der Waals surface area (Å²) in [4.78, 5) is 13.9. The molecule has 0 unspecified atom stereocenters. The van der Waals surface area contributed by atoms with Gasteiger partial charge in [-0.3, -0.25) is 9.10 Å². The van der Waals surface area contributed by atoms with Gasteiger partial charge in [-0.2, -0.15) is 0 Å². The van der Waals surface area contributed by atoms with E-state index in [1.54, 1.807) is 67.2 Å². The van der Waals surface area contributed by atoms with E-state index in [1.165, 1.54) is 4.31 Å². The van der Waals surface area contributed by atoms with E-state index >= 15 is 0 Å². The fraction of sp³-hybridized carbons (Fsp3) is 0.208. The van der Waals surface area contributed by atoms with Crippen LogP contribution in [0.1, 0.15) is 28.4 Å². The molecule has 3 rings (SSSR count). The van der Waals surface area contributed by atoms with Gasteiger partial charge in [-0.1, -0.05) is 18.2 Å². The summed E-state index contributed by atoms with van der Waals surface area (Å²) in [6.45, 7) is 5.96. The molecule has 162 valence electrons. The highest BCUT2D eigenvalue weighted by Gasteiger charge is 2.23. The summed E-state index contributed by atoms with van der Waals surface area (Å²) in [6.07, 6.45) is 1.94. The fourth-order valence-corrected chi connectivity index (χ4v) is 5.22. The van der Waals surface area contributed by atoms with Gasteiger partial charge in [0.25, 0.3) is 15.9 Å². The van der Waals surface area contributed by atoms with E-state index in [1.807, 2.05) is 38.3 Å². The van der Waals surface area contributed by atoms with E-state index in [4.69, 9.17) is 0 Å². The molecule has 0 aliphatic heterocycles. The lowest BCUT2D eigenvalue weighted by atomic mass is 10.1. The van der Waals surface area contributed by atoms with E-state index in [0.29, 0.717) is 11.3 Å². The number of carbonyl (C=O) groups excluding carboxylic acids is 1. The quantitative estimate of drug-likeness (QED) is 0.479. The maximum Gasteiger partial charge on any atom is 0.264 e. The summed E-state index contributed by atoms with van der Waals surface area (Å²) in [5.74, 6) is -0.234. The SMILES string of the molecule is CCN(c1ccc(C(=O)Nc2c(C)cccc2C)cc1)S(=O)(=O)c1ccc(SC)cc1. The Kier molecular flexibility index (Phi) is 7.08. The number of benzene rings is 3. The highest BCUT2D eigenvalue weighted by Crippen LogP contribution is 2.26. The molecule has 0 aliphatic rings. The van der Waals surface area contributed by atoms with Crippen LogP contribution in [0.2, 0.25) is 0 Å². The maximum atomic E-state index is 13.1. The summed E-state index contributed by atoms with van der Waals surface area (Å²) >= 11 is 1.56. The Labute approximate surface area is 188 Å². The average Bonchev–Trinajstić information content (AvgIpc) is 2.77. The van der Waals surface area contributed by atoms with Crippen LogP contribution in [0.25, 0.3) is 0 Å². The molecule has 1 N–H and O–H groups in total. The van der Waals surface area contributed by atoms with Crippen molar-refractivity contribution in [1.29, 1.82) is 0 Å². The number of sulfonamides is 1. The van der Waals surface area contributed by atoms with Crippen LogP contribution in [0.4, 0.5) is 11.4 Å². The number of nitrogens with zero attached hydrogens (tertiary/aromatic N) is 1. The molecule has 0 radical (unpaired) electrons. The molecule has 0 spiro atoms. The Morgan fingerprint density at radius 2 is 1.52 bits per heavy atom. The van der Waals surface area contributed by atoms with Crippen molar-refractivity contribution in [2.24, 2.45) is 0 Å². The summed E-state index contributed by atoms with van der Waals surface area (Å²) in [6, 6.07) is 19.3. The number of rotatable bonds is 7. The fourth-order valence-electron chi connectivity index (χ4n) is 3.34. The van der Waals surface area contributed by atoms with Crippen LogP contribution in [0.5, 0.6) is 0 Å². The molecule has 5 nitrogen and oxygen atoms in total. The largest absolute Gasteiger partial charge is 0.322 e. The van der Waals surface area contributed by atoms with Crippen LogP contribution in [-0.2, 0) is 10.0 Å². The minimum atomic E-state index is -3.70. The van der Waals surface area contributed by atoms with Gasteiger partial charge in [0.1, 0.15) is 0 Å². The Balaban J connectivity index is 1.83. The Morgan fingerprint density at radius 3 is 2.03 bits per heavy atom. The first-order valence-electron chi connectivity index (χ1n) is 9.92. The predicted molar refractivity (Wildman–Crippen MR) is 129 cm³/mol. The van der Waals surface area contributed by atoms with E-state index in [-0.39, 0.29) is 17.3 Å². The molecule has 0 saturated carbocycles. The van der Waals surface area contributed by atoms with Crippen molar-refractivity contribution >= 4 is 39.1 Å². The molecule has 0 aliphatic carbocycles. The zero-order valence-electron chi connectivity index (χ0n) is 18.0. The van der Waals surface area contributed by atoms with Crippen molar-refractivity contribution in [1.82, 2.24) is 0 Å². The third-order valence-electron chi connectivity index (χ3n) is 5.07. The number of thioether (sulfide) groups is 1. The number of amides is 1. The number of para-hydroxylation sites is 1. The first kappa shape index (κ1) is 22.9. The lowest BCUT2D eigenvalue weighted by Crippen LogP contribution is -2.30. The lowest BCUT2D eigenvalue weighted by molar-refractivity contribution is 0.102. The molecule has 0 bridgehead atoms. The molecule has 3 aromatic rings. The van der Waals surface area contributed by atoms with Gasteiger partial charge in [0.15, 0.2) is 0 Å². The van der Waals surface area contributed by atoms with Gasteiger partial charge in [-0.25, -0.2) is 8.42 Å². The second kappa shape index (κ2) is 9.58. The van der Waals surface area contributed by atoms with Crippen molar-refractivity contribution < 1.29 is 13.2 Å². The summed E-state index contributed by atoms with van der Waals surface area (Å²) < 4.78 is 27.6. The molecule has 31 heavy (non-hydrogen) atoms. The summed E-state index contributed by atoms with van der Waals surface area (Å²) in [5, 5.41) is 2.95. The molecule has 3 aromatic carbocycles. The summed E-state index contributed by atoms with van der Waals surface area (Å²) in [5.41, 5.74) is 3.74. The van der Waals surface area contributed by atoms with Gasteiger partial charge in [0.05, 0.1) is 10.6 Å². The predicted octanol–water partition coefficient (Wildman–Crippen LogP) is 5.49. The van der Waals surface area contributed by atoms with Crippen LogP contribution in [0.15, 0.2) is 76.5 Å². The molecule has 0 heterocycles. The van der Waals surface area contributed by atoms with E-state index in [9.17, 15) is 13.2 Å². The standard InChI is InChI=1S/C24H26N2O3S2/c1-5-26(31(28,29)22-15-13-21(30-4)14-16-22)20-11-9-19(10-12-20)24(27)25-23-17(2)7-6-8-18(23)3/h6-16H,5H2,1-4H3,(H,25,27). The van der Waals surface area contributed by atoms with Crippen LogP contribution >= 0.6 is 11.8 Å². The van der Waals surface area contributed by atoms with Gasteiger partial charge < -0.3 is 5.32 Å². The van der Waals surface area contributed by atoms with Gasteiger partial charge in [0.2, 0.25) is 0 Å². The first-order chi connectivity index (χ1) is 14.8. The minimum absolute atomic E-state index is 0.234. The molecule has 0 atom stereocenters. The normalized spacial score (nSPS) is 11.2. The molecular formula is C24H26N2O3S2. The van der Waals surface area contributed by atoms with Crippen LogP contribution < -0.4 is 9.62 Å². The Hall–Kier alpha value is -2.77. The van der Waals surface area contributed by atoms with Crippen molar-refractivity contribution in [3.63, 3.8) is 0 Å². The van der Waals surface area contributed by atoms with Gasteiger partial charge in [0, 0.05) is 22.7 Å². The van der Waals surface area contributed by atoms with Crippen LogP contribution in [0.3, 0.4) is 0 Å². The number of hydrogen-bond donors (Lipinski definition) is 1. The second-order valence-electron chi connectivity index (χ2n) is 7.11. The lowest BCUT2D eigenvalue weighted by Gasteiger charge is -2.23. The molecule has 0 aromatic heterocycles. The summed E-state index contributed by atoms with van der Waals surface area (Å²) in [7, 11) is -3.70. The van der Waals surface area contributed by atoms with Gasteiger partial charge in [-0.15, -0.1) is 11.8 Å². The zero-order chi connectivity index (χ0) is 22.6. The topological polar surface area (TPSA) is 66.5 Å². The van der Waals surface area contributed by atoms with Gasteiger partial charge >= 0.3 is 0 Å². The van der Waals surface area contributed by atoms with Crippen LogP contribution in [0, 0.1) is 13.8 Å². The minimum Gasteiger partial charge on any atom is -0.322 e. The van der Waals surface area contributed by atoms with Gasteiger partial charge in [-0.05, 0) is 86.7 Å². The molecule has 0 fully saturated rings. The number of hydrogen-bond acceptors (Lipinski definition) is 4. The highest BCUT2D eigenvalue weighted by molar-refractivity contribution is 7.98. The second-order valence-corrected chi connectivity index (χ2v) is 9.86. The zero-order valence-corrected chi connectivity index (χ0v) is 19.7. The molecule has 7 heteroatoms. The number of anilines is 2. The highest BCUT2D eigenvalue weighted by atomic mass is 32.2. The van der Waals surface area contributed by atoms with Crippen molar-refractivity contribution in [2.45, 2.75) is 30.6 Å². The monoisotopic (exact) mass is 454 g/mol. The Morgan fingerprint density at radius 1 is 0.935 bits per heavy atom. The molecule has 0 saturated heterocycles.